The molecule has 0 bridgehead atoms. The lowest BCUT2D eigenvalue weighted by atomic mass is 9.87. The number of carbonyl (C=O) groups excluding carboxylic acids is 1. The first-order valence-electron chi connectivity index (χ1n) is 5.28. The smallest absolute Gasteiger partial charge is 0.222 e. The van der Waals surface area contributed by atoms with Crippen LogP contribution in [-0.2, 0) is 4.79 Å². The lowest BCUT2D eigenvalue weighted by molar-refractivity contribution is -0.123. The average Bonchev–Trinajstić information content (AvgIpc) is 2.15. The van der Waals surface area contributed by atoms with Gasteiger partial charge in [-0.15, -0.1) is 0 Å². The van der Waals surface area contributed by atoms with Crippen LogP contribution < -0.4 is 11.1 Å². The van der Waals surface area contributed by atoms with Crippen molar-refractivity contribution >= 4 is 5.91 Å². The highest BCUT2D eigenvalue weighted by molar-refractivity contribution is 5.77. The van der Waals surface area contributed by atoms with Crippen molar-refractivity contribution < 1.29 is 4.79 Å². The molecule has 1 saturated heterocycles. The van der Waals surface area contributed by atoms with Crippen LogP contribution in [0.4, 0.5) is 0 Å². The zero-order valence-corrected chi connectivity index (χ0v) is 8.38. The average molecular weight is 184 g/mol. The lowest BCUT2D eigenvalue weighted by Gasteiger charge is -2.30. The first-order chi connectivity index (χ1) is 6.25. The standard InChI is InChI=1S/C10H20N2O/c1-2-3-6-9-8(10(11)13)5-4-7-12-9/h8-9,12H,2-7H2,1H3,(H2,11,13). The number of piperidine rings is 1. The topological polar surface area (TPSA) is 55.1 Å². The summed E-state index contributed by atoms with van der Waals surface area (Å²) in [5, 5.41) is 3.38. The van der Waals surface area contributed by atoms with Crippen molar-refractivity contribution in [3.05, 3.63) is 0 Å². The summed E-state index contributed by atoms with van der Waals surface area (Å²) in [6.07, 6.45) is 5.50. The molecule has 13 heavy (non-hydrogen) atoms. The number of amides is 1. The van der Waals surface area contributed by atoms with Gasteiger partial charge in [0.1, 0.15) is 0 Å². The van der Waals surface area contributed by atoms with Gasteiger partial charge >= 0.3 is 0 Å². The molecule has 1 fully saturated rings. The molecule has 76 valence electrons. The number of carbonyl (C=O) groups is 1. The third-order valence-electron chi connectivity index (χ3n) is 2.82. The van der Waals surface area contributed by atoms with E-state index in [0.29, 0.717) is 6.04 Å². The maximum atomic E-state index is 11.1. The third kappa shape index (κ3) is 2.99. The fourth-order valence-electron chi connectivity index (χ4n) is 2.02. The second-order valence-electron chi connectivity index (χ2n) is 3.85. The van der Waals surface area contributed by atoms with Gasteiger partial charge in [-0.2, -0.15) is 0 Å². The largest absolute Gasteiger partial charge is 0.369 e. The zero-order valence-electron chi connectivity index (χ0n) is 8.38. The number of nitrogens with two attached hydrogens (primary N) is 1. The minimum atomic E-state index is -0.131. The van der Waals surface area contributed by atoms with Crippen molar-refractivity contribution in [3.8, 4) is 0 Å². The van der Waals surface area contributed by atoms with E-state index in [1.165, 1.54) is 12.8 Å². The molecule has 0 aromatic rings. The van der Waals surface area contributed by atoms with Gasteiger partial charge in [-0.25, -0.2) is 0 Å². The third-order valence-corrected chi connectivity index (χ3v) is 2.82. The van der Waals surface area contributed by atoms with E-state index >= 15 is 0 Å². The van der Waals surface area contributed by atoms with Crippen molar-refractivity contribution in [2.24, 2.45) is 11.7 Å². The second kappa shape index (κ2) is 5.22. The van der Waals surface area contributed by atoms with Gasteiger partial charge < -0.3 is 11.1 Å². The predicted octanol–water partition coefficient (Wildman–Crippen LogP) is 1.03. The summed E-state index contributed by atoms with van der Waals surface area (Å²) in [6.45, 7) is 3.21. The number of hydrogen-bond acceptors (Lipinski definition) is 2. The Morgan fingerprint density at radius 2 is 2.38 bits per heavy atom. The maximum absolute atomic E-state index is 11.1. The molecule has 2 atom stereocenters. The van der Waals surface area contributed by atoms with Crippen LogP contribution in [0.2, 0.25) is 0 Å². The van der Waals surface area contributed by atoms with Gasteiger partial charge in [0.05, 0.1) is 5.92 Å². The van der Waals surface area contributed by atoms with Gasteiger partial charge in [-0.05, 0) is 25.8 Å². The molecule has 0 radical (unpaired) electrons. The Bertz CT molecular complexity index is 170. The Hall–Kier alpha value is -0.570. The van der Waals surface area contributed by atoms with E-state index in [9.17, 15) is 4.79 Å². The van der Waals surface area contributed by atoms with Crippen LogP contribution in [-0.4, -0.2) is 18.5 Å². The fraction of sp³-hybridized carbons (Fsp3) is 0.900. The number of primary amides is 1. The van der Waals surface area contributed by atoms with E-state index in [1.54, 1.807) is 0 Å². The summed E-state index contributed by atoms with van der Waals surface area (Å²) >= 11 is 0. The number of nitrogens with one attached hydrogen (secondary N) is 1. The highest BCUT2D eigenvalue weighted by atomic mass is 16.1. The van der Waals surface area contributed by atoms with Gasteiger partial charge in [0.15, 0.2) is 0 Å². The summed E-state index contributed by atoms with van der Waals surface area (Å²) in [6, 6.07) is 0.339. The van der Waals surface area contributed by atoms with Crippen LogP contribution >= 0.6 is 0 Å². The van der Waals surface area contributed by atoms with E-state index in [-0.39, 0.29) is 11.8 Å². The molecule has 1 rings (SSSR count). The quantitative estimate of drug-likeness (QED) is 0.685. The molecule has 1 aliphatic rings. The number of unbranched alkanes of at least 4 members (excludes halogenated alkanes) is 1. The van der Waals surface area contributed by atoms with Crippen LogP contribution in [0.1, 0.15) is 39.0 Å². The Morgan fingerprint density at radius 3 is 3.00 bits per heavy atom. The molecule has 3 N–H and O–H groups in total. The molecular weight excluding hydrogens is 164 g/mol. The van der Waals surface area contributed by atoms with Crippen molar-refractivity contribution in [2.45, 2.75) is 45.1 Å². The highest BCUT2D eigenvalue weighted by Gasteiger charge is 2.28. The van der Waals surface area contributed by atoms with E-state index in [2.05, 4.69) is 12.2 Å². The fourth-order valence-corrected chi connectivity index (χ4v) is 2.02. The molecule has 1 amide bonds. The van der Waals surface area contributed by atoms with E-state index in [4.69, 9.17) is 5.73 Å². The molecule has 1 aliphatic heterocycles. The summed E-state index contributed by atoms with van der Waals surface area (Å²) in [5.41, 5.74) is 5.35. The van der Waals surface area contributed by atoms with E-state index in [0.717, 1.165) is 25.8 Å². The highest BCUT2D eigenvalue weighted by Crippen LogP contribution is 2.19. The monoisotopic (exact) mass is 184 g/mol. The molecule has 0 aromatic carbocycles. The molecule has 1 heterocycles. The Kier molecular flexibility index (Phi) is 4.22. The first kappa shape index (κ1) is 10.5. The Labute approximate surface area is 80.1 Å². The second-order valence-corrected chi connectivity index (χ2v) is 3.85. The van der Waals surface area contributed by atoms with Crippen molar-refractivity contribution in [1.29, 1.82) is 0 Å². The molecule has 0 aliphatic carbocycles. The lowest BCUT2D eigenvalue weighted by Crippen LogP contribution is -2.46. The Morgan fingerprint density at radius 1 is 1.62 bits per heavy atom. The molecule has 2 unspecified atom stereocenters. The van der Waals surface area contributed by atoms with Crippen LogP contribution in [0.5, 0.6) is 0 Å². The normalized spacial score (nSPS) is 28.7. The number of hydrogen-bond donors (Lipinski definition) is 2. The van der Waals surface area contributed by atoms with Crippen LogP contribution in [0, 0.1) is 5.92 Å². The molecule has 0 aromatic heterocycles. The Balaban J connectivity index is 2.41. The summed E-state index contributed by atoms with van der Waals surface area (Å²) < 4.78 is 0. The van der Waals surface area contributed by atoms with Gasteiger partial charge in [0.2, 0.25) is 5.91 Å². The molecule has 3 heteroatoms. The molecule has 0 spiro atoms. The van der Waals surface area contributed by atoms with Gasteiger partial charge in [0.25, 0.3) is 0 Å². The molecule has 0 saturated carbocycles. The van der Waals surface area contributed by atoms with Crippen molar-refractivity contribution in [3.63, 3.8) is 0 Å². The summed E-state index contributed by atoms with van der Waals surface area (Å²) in [4.78, 5) is 11.1. The van der Waals surface area contributed by atoms with E-state index in [1.807, 2.05) is 0 Å². The number of rotatable bonds is 4. The summed E-state index contributed by atoms with van der Waals surface area (Å²) in [7, 11) is 0. The van der Waals surface area contributed by atoms with E-state index < -0.39 is 0 Å². The zero-order chi connectivity index (χ0) is 9.68. The first-order valence-corrected chi connectivity index (χ1v) is 5.28. The maximum Gasteiger partial charge on any atom is 0.222 e. The minimum Gasteiger partial charge on any atom is -0.369 e. The van der Waals surface area contributed by atoms with Gasteiger partial charge in [0, 0.05) is 6.04 Å². The van der Waals surface area contributed by atoms with Gasteiger partial charge in [-0.3, -0.25) is 4.79 Å². The van der Waals surface area contributed by atoms with Crippen LogP contribution in [0.25, 0.3) is 0 Å². The summed E-state index contributed by atoms with van der Waals surface area (Å²) in [5.74, 6) is -0.0615. The van der Waals surface area contributed by atoms with Crippen LogP contribution in [0.3, 0.4) is 0 Å². The molecular formula is C10H20N2O. The van der Waals surface area contributed by atoms with Crippen LogP contribution in [0.15, 0.2) is 0 Å². The van der Waals surface area contributed by atoms with Gasteiger partial charge in [-0.1, -0.05) is 19.8 Å². The SMILES string of the molecule is CCCCC1NCCCC1C(N)=O. The molecule has 3 nitrogen and oxygen atoms in total. The predicted molar refractivity (Wildman–Crippen MR) is 53.2 cm³/mol. The van der Waals surface area contributed by atoms with Crippen molar-refractivity contribution in [1.82, 2.24) is 5.32 Å². The minimum absolute atomic E-state index is 0.0697. The van der Waals surface area contributed by atoms with Crippen molar-refractivity contribution in [2.75, 3.05) is 6.54 Å².